The van der Waals surface area contributed by atoms with E-state index in [2.05, 4.69) is 22.9 Å². The fourth-order valence-electron chi connectivity index (χ4n) is 3.31. The molecule has 3 atom stereocenters. The molecule has 2 nitrogen and oxygen atoms in total. The van der Waals surface area contributed by atoms with Crippen LogP contribution in [-0.4, -0.2) is 23.9 Å². The summed E-state index contributed by atoms with van der Waals surface area (Å²) in [4.78, 5) is 0. The molecule has 0 saturated heterocycles. The third kappa shape index (κ3) is 3.60. The molecule has 1 saturated carbocycles. The number of rotatable bonds is 4. The van der Waals surface area contributed by atoms with Crippen molar-refractivity contribution in [3.8, 4) is 0 Å². The third-order valence-corrected chi connectivity index (χ3v) is 4.81. The van der Waals surface area contributed by atoms with Crippen LogP contribution in [0.15, 0.2) is 22.7 Å². The van der Waals surface area contributed by atoms with E-state index in [1.165, 1.54) is 18.6 Å². The molecule has 112 valence electrons. The molecular formula is C16H22BrFO2. The van der Waals surface area contributed by atoms with E-state index >= 15 is 0 Å². The lowest BCUT2D eigenvalue weighted by Crippen LogP contribution is -2.48. The summed E-state index contributed by atoms with van der Waals surface area (Å²) in [5.74, 6) is 0.266. The SMILES string of the molecule is COC1(C(O)Cc2cc(F)cc(Br)c2)CCCC(C)C1. The molecule has 3 unspecified atom stereocenters. The zero-order valence-corrected chi connectivity index (χ0v) is 13.6. The normalized spacial score (nSPS) is 28.4. The van der Waals surface area contributed by atoms with Gasteiger partial charge in [0.15, 0.2) is 0 Å². The Labute approximate surface area is 128 Å². The zero-order valence-electron chi connectivity index (χ0n) is 12.0. The molecular weight excluding hydrogens is 323 g/mol. The standard InChI is InChI=1S/C16H22BrFO2/c1-11-4-3-5-16(10-11,20-2)15(19)8-12-6-13(17)9-14(18)7-12/h6-7,9,11,15,19H,3-5,8,10H2,1-2H3. The average Bonchev–Trinajstić information content (AvgIpc) is 2.37. The minimum Gasteiger partial charge on any atom is -0.390 e. The smallest absolute Gasteiger partial charge is 0.124 e. The van der Waals surface area contributed by atoms with Gasteiger partial charge in [-0.15, -0.1) is 0 Å². The predicted molar refractivity (Wildman–Crippen MR) is 81.2 cm³/mol. The van der Waals surface area contributed by atoms with Crippen LogP contribution in [0.1, 0.15) is 38.2 Å². The van der Waals surface area contributed by atoms with Crippen LogP contribution in [0.5, 0.6) is 0 Å². The largest absolute Gasteiger partial charge is 0.390 e. The quantitative estimate of drug-likeness (QED) is 0.891. The van der Waals surface area contributed by atoms with Crippen molar-refractivity contribution in [3.05, 3.63) is 34.1 Å². The van der Waals surface area contributed by atoms with Crippen LogP contribution in [0.25, 0.3) is 0 Å². The lowest BCUT2D eigenvalue weighted by atomic mass is 9.74. The third-order valence-electron chi connectivity index (χ3n) is 4.36. The Morgan fingerprint density at radius 3 is 2.85 bits per heavy atom. The summed E-state index contributed by atoms with van der Waals surface area (Å²) in [6.07, 6.45) is 3.79. The van der Waals surface area contributed by atoms with Gasteiger partial charge >= 0.3 is 0 Å². The number of halogens is 2. The average molecular weight is 345 g/mol. The number of hydrogen-bond donors (Lipinski definition) is 1. The van der Waals surface area contributed by atoms with Crippen LogP contribution in [0.2, 0.25) is 0 Å². The van der Waals surface area contributed by atoms with Crippen molar-refractivity contribution in [1.29, 1.82) is 0 Å². The van der Waals surface area contributed by atoms with E-state index in [-0.39, 0.29) is 5.82 Å². The molecule has 1 N–H and O–H groups in total. The fraction of sp³-hybridized carbons (Fsp3) is 0.625. The molecule has 1 aromatic rings. The summed E-state index contributed by atoms with van der Waals surface area (Å²) < 4.78 is 19.8. The van der Waals surface area contributed by atoms with Gasteiger partial charge < -0.3 is 9.84 Å². The van der Waals surface area contributed by atoms with Gasteiger partial charge in [0.1, 0.15) is 5.82 Å². The van der Waals surface area contributed by atoms with Gasteiger partial charge in [0.25, 0.3) is 0 Å². The summed E-state index contributed by atoms with van der Waals surface area (Å²) in [5.41, 5.74) is 0.301. The molecule has 0 aromatic heterocycles. The number of ether oxygens (including phenoxy) is 1. The van der Waals surface area contributed by atoms with Crippen LogP contribution < -0.4 is 0 Å². The molecule has 1 fully saturated rings. The number of methoxy groups -OCH3 is 1. The van der Waals surface area contributed by atoms with Gasteiger partial charge in [-0.2, -0.15) is 0 Å². The molecule has 0 aliphatic heterocycles. The topological polar surface area (TPSA) is 29.5 Å². The van der Waals surface area contributed by atoms with Gasteiger partial charge in [0.05, 0.1) is 11.7 Å². The summed E-state index contributed by atoms with van der Waals surface area (Å²) in [6, 6.07) is 4.75. The van der Waals surface area contributed by atoms with Crippen molar-refractivity contribution in [3.63, 3.8) is 0 Å². The van der Waals surface area contributed by atoms with Crippen molar-refractivity contribution in [2.45, 2.75) is 50.7 Å². The second-order valence-corrected chi connectivity index (χ2v) is 6.88. The molecule has 0 spiro atoms. The first-order valence-electron chi connectivity index (χ1n) is 7.13. The van der Waals surface area contributed by atoms with Crippen molar-refractivity contribution < 1.29 is 14.2 Å². The van der Waals surface area contributed by atoms with Crippen LogP contribution in [0.3, 0.4) is 0 Å². The van der Waals surface area contributed by atoms with Gasteiger partial charge in [0.2, 0.25) is 0 Å². The molecule has 0 bridgehead atoms. The summed E-state index contributed by atoms with van der Waals surface area (Å²) in [5, 5.41) is 10.6. The van der Waals surface area contributed by atoms with Crippen LogP contribution in [0.4, 0.5) is 4.39 Å². The lowest BCUT2D eigenvalue weighted by Gasteiger charge is -2.42. The number of aliphatic hydroxyl groups excluding tert-OH is 1. The minimum absolute atomic E-state index is 0.287. The molecule has 0 radical (unpaired) electrons. The van der Waals surface area contributed by atoms with E-state index in [9.17, 15) is 9.50 Å². The minimum atomic E-state index is -0.607. The molecule has 1 aliphatic rings. The van der Waals surface area contributed by atoms with Gasteiger partial charge in [-0.1, -0.05) is 35.7 Å². The Morgan fingerprint density at radius 1 is 1.50 bits per heavy atom. The maximum Gasteiger partial charge on any atom is 0.124 e. The Hall–Kier alpha value is -0.450. The summed E-state index contributed by atoms with van der Waals surface area (Å²) in [6.45, 7) is 2.19. The predicted octanol–water partition coefficient (Wildman–Crippen LogP) is 4.09. The van der Waals surface area contributed by atoms with Crippen LogP contribution in [0, 0.1) is 11.7 Å². The van der Waals surface area contributed by atoms with Crippen molar-refractivity contribution in [2.75, 3.05) is 7.11 Å². The number of aliphatic hydroxyl groups is 1. The van der Waals surface area contributed by atoms with Gasteiger partial charge in [-0.25, -0.2) is 4.39 Å². The Morgan fingerprint density at radius 2 is 2.25 bits per heavy atom. The van der Waals surface area contributed by atoms with E-state index in [0.717, 1.165) is 24.8 Å². The Balaban J connectivity index is 2.14. The second kappa shape index (κ2) is 6.54. The highest BCUT2D eigenvalue weighted by atomic mass is 79.9. The molecule has 1 aliphatic carbocycles. The van der Waals surface area contributed by atoms with Crippen molar-refractivity contribution in [2.24, 2.45) is 5.92 Å². The highest BCUT2D eigenvalue weighted by molar-refractivity contribution is 9.10. The highest BCUT2D eigenvalue weighted by Gasteiger charge is 2.41. The number of hydrogen-bond acceptors (Lipinski definition) is 2. The van der Waals surface area contributed by atoms with E-state index < -0.39 is 11.7 Å². The van der Waals surface area contributed by atoms with E-state index in [1.54, 1.807) is 7.11 Å². The maximum atomic E-state index is 13.4. The Kier molecular flexibility index (Phi) is 5.21. The first-order valence-corrected chi connectivity index (χ1v) is 7.93. The Bertz CT molecular complexity index is 446. The van der Waals surface area contributed by atoms with Gasteiger partial charge in [-0.3, -0.25) is 0 Å². The van der Waals surface area contributed by atoms with Crippen molar-refractivity contribution >= 4 is 15.9 Å². The first kappa shape index (κ1) is 15.9. The van der Waals surface area contributed by atoms with Gasteiger partial charge in [0, 0.05) is 18.0 Å². The first-order chi connectivity index (χ1) is 9.45. The maximum absolute atomic E-state index is 13.4. The summed E-state index contributed by atoms with van der Waals surface area (Å²) in [7, 11) is 1.67. The lowest BCUT2D eigenvalue weighted by molar-refractivity contribution is -0.131. The monoisotopic (exact) mass is 344 g/mol. The van der Waals surface area contributed by atoms with Gasteiger partial charge in [-0.05, 0) is 42.5 Å². The second-order valence-electron chi connectivity index (χ2n) is 5.97. The highest BCUT2D eigenvalue weighted by Crippen LogP contribution is 2.38. The van der Waals surface area contributed by atoms with Crippen molar-refractivity contribution in [1.82, 2.24) is 0 Å². The fourth-order valence-corrected chi connectivity index (χ4v) is 3.82. The molecule has 4 heteroatoms. The van der Waals surface area contributed by atoms with E-state index in [4.69, 9.17) is 4.74 Å². The molecule has 20 heavy (non-hydrogen) atoms. The molecule has 0 amide bonds. The van der Waals surface area contributed by atoms with Crippen LogP contribution in [-0.2, 0) is 11.2 Å². The van der Waals surface area contributed by atoms with E-state index in [0.29, 0.717) is 16.8 Å². The molecule has 1 aromatic carbocycles. The summed E-state index contributed by atoms with van der Waals surface area (Å²) >= 11 is 3.29. The zero-order chi connectivity index (χ0) is 14.8. The van der Waals surface area contributed by atoms with Crippen LogP contribution >= 0.6 is 15.9 Å². The molecule has 2 rings (SSSR count). The molecule has 0 heterocycles. The number of benzene rings is 1. The van der Waals surface area contributed by atoms with E-state index in [1.807, 2.05) is 6.07 Å².